The molecule has 0 aliphatic rings. The van der Waals surface area contributed by atoms with E-state index >= 15 is 0 Å². The van der Waals surface area contributed by atoms with Crippen LogP contribution < -0.4 is 10.5 Å². The molecule has 82 valence electrons. The Bertz CT molecular complexity index is 471. The number of nitrogens with two attached hydrogens (primary N) is 1. The third-order valence-corrected chi connectivity index (χ3v) is 3.42. The Morgan fingerprint density at radius 1 is 1.47 bits per heavy atom. The molecular formula is C9H11BrN2O2S. The van der Waals surface area contributed by atoms with Gasteiger partial charge in [-0.25, -0.2) is 13.1 Å². The lowest BCUT2D eigenvalue weighted by Crippen LogP contribution is -2.25. The van der Waals surface area contributed by atoms with Crippen molar-refractivity contribution in [2.75, 3.05) is 12.3 Å². The van der Waals surface area contributed by atoms with E-state index in [2.05, 4.69) is 27.2 Å². The van der Waals surface area contributed by atoms with Crippen molar-refractivity contribution in [1.82, 2.24) is 4.72 Å². The summed E-state index contributed by atoms with van der Waals surface area (Å²) in [7, 11) is -3.55. The van der Waals surface area contributed by atoms with Crippen molar-refractivity contribution in [2.45, 2.75) is 4.90 Å². The number of para-hydroxylation sites is 1. The minimum absolute atomic E-state index is 0.0822. The van der Waals surface area contributed by atoms with Gasteiger partial charge in [-0.1, -0.05) is 34.6 Å². The van der Waals surface area contributed by atoms with Crippen LogP contribution in [-0.2, 0) is 10.0 Å². The van der Waals surface area contributed by atoms with Crippen LogP contribution in [0, 0.1) is 0 Å². The van der Waals surface area contributed by atoms with E-state index in [0.29, 0.717) is 4.48 Å². The van der Waals surface area contributed by atoms with Gasteiger partial charge in [-0.05, 0) is 12.1 Å². The normalized spacial score (nSPS) is 11.3. The summed E-state index contributed by atoms with van der Waals surface area (Å²) >= 11 is 3.07. The quantitative estimate of drug-likeness (QED) is 0.825. The van der Waals surface area contributed by atoms with Crippen molar-refractivity contribution in [2.24, 2.45) is 0 Å². The molecular weight excluding hydrogens is 280 g/mol. The van der Waals surface area contributed by atoms with E-state index in [1.807, 2.05) is 0 Å². The number of benzene rings is 1. The predicted octanol–water partition coefficient (Wildman–Crippen LogP) is 1.46. The molecule has 0 radical (unpaired) electrons. The first-order valence-corrected chi connectivity index (χ1v) is 6.38. The second-order valence-corrected chi connectivity index (χ2v) is 5.74. The number of halogens is 1. The van der Waals surface area contributed by atoms with Gasteiger partial charge >= 0.3 is 0 Å². The maximum absolute atomic E-state index is 11.7. The van der Waals surface area contributed by atoms with Gasteiger partial charge in [0.25, 0.3) is 0 Å². The summed E-state index contributed by atoms with van der Waals surface area (Å²) in [5.41, 5.74) is 5.79. The molecule has 1 aromatic rings. The number of nitrogens with one attached hydrogen (secondary N) is 1. The molecule has 0 atom stereocenters. The average molecular weight is 291 g/mol. The van der Waals surface area contributed by atoms with Crippen LogP contribution in [0.4, 0.5) is 5.69 Å². The summed E-state index contributed by atoms with van der Waals surface area (Å²) < 4.78 is 26.3. The Morgan fingerprint density at radius 3 is 2.60 bits per heavy atom. The van der Waals surface area contributed by atoms with E-state index in [0.717, 1.165) is 0 Å². The van der Waals surface area contributed by atoms with Gasteiger partial charge in [0.1, 0.15) is 4.90 Å². The molecule has 0 spiro atoms. The summed E-state index contributed by atoms with van der Waals surface area (Å²) in [6, 6.07) is 6.29. The van der Waals surface area contributed by atoms with Crippen LogP contribution in [0.1, 0.15) is 0 Å². The molecule has 0 aliphatic carbocycles. The van der Waals surface area contributed by atoms with Crippen molar-refractivity contribution < 1.29 is 8.42 Å². The number of hydrogen-bond acceptors (Lipinski definition) is 3. The molecule has 4 nitrogen and oxygen atoms in total. The number of hydrogen-bond donors (Lipinski definition) is 2. The lowest BCUT2D eigenvalue weighted by Gasteiger charge is -2.07. The summed E-state index contributed by atoms with van der Waals surface area (Å²) in [4.78, 5) is 0.0822. The molecule has 0 saturated carbocycles. The molecule has 0 aromatic heterocycles. The lowest BCUT2D eigenvalue weighted by molar-refractivity contribution is 0.586. The number of sulfonamides is 1. The third kappa shape index (κ3) is 3.33. The van der Waals surface area contributed by atoms with Crippen LogP contribution in [0.2, 0.25) is 0 Å². The molecule has 0 aliphatic heterocycles. The second-order valence-electron chi connectivity index (χ2n) is 2.88. The lowest BCUT2D eigenvalue weighted by atomic mass is 10.3. The van der Waals surface area contributed by atoms with Crippen LogP contribution in [0.5, 0.6) is 0 Å². The summed E-state index contributed by atoms with van der Waals surface area (Å²) in [6.07, 6.45) is 0. The van der Waals surface area contributed by atoms with E-state index < -0.39 is 10.0 Å². The zero-order chi connectivity index (χ0) is 11.5. The number of anilines is 1. The second kappa shape index (κ2) is 4.78. The molecule has 0 heterocycles. The van der Waals surface area contributed by atoms with E-state index in [1.165, 1.54) is 12.1 Å². The predicted molar refractivity (Wildman–Crippen MR) is 64.1 cm³/mol. The Hall–Kier alpha value is -0.850. The van der Waals surface area contributed by atoms with Crippen molar-refractivity contribution in [1.29, 1.82) is 0 Å². The van der Waals surface area contributed by atoms with Gasteiger partial charge < -0.3 is 5.73 Å². The first-order chi connectivity index (χ1) is 6.93. The van der Waals surface area contributed by atoms with Gasteiger partial charge in [-0.3, -0.25) is 0 Å². The van der Waals surface area contributed by atoms with Gasteiger partial charge in [0.15, 0.2) is 0 Å². The van der Waals surface area contributed by atoms with Gasteiger partial charge in [0.2, 0.25) is 10.0 Å². The zero-order valence-corrected chi connectivity index (χ0v) is 10.3. The standard InChI is InChI=1S/C9H11BrN2O2S/c1-7(10)6-12-15(13,14)9-5-3-2-4-8(9)11/h2-5,12H,1,6,11H2. The fourth-order valence-electron chi connectivity index (χ4n) is 0.976. The van der Waals surface area contributed by atoms with E-state index in [1.54, 1.807) is 12.1 Å². The van der Waals surface area contributed by atoms with Crippen molar-refractivity contribution in [3.8, 4) is 0 Å². The van der Waals surface area contributed by atoms with Gasteiger partial charge in [-0.2, -0.15) is 0 Å². The molecule has 6 heteroatoms. The van der Waals surface area contributed by atoms with Gasteiger partial charge in [0, 0.05) is 11.0 Å². The van der Waals surface area contributed by atoms with Crippen molar-refractivity contribution in [3.63, 3.8) is 0 Å². The molecule has 0 saturated heterocycles. The summed E-state index contributed by atoms with van der Waals surface area (Å²) in [5.74, 6) is 0. The SMILES string of the molecule is C=C(Br)CNS(=O)(=O)c1ccccc1N. The number of rotatable bonds is 4. The maximum atomic E-state index is 11.7. The summed E-state index contributed by atoms with van der Waals surface area (Å²) in [5, 5.41) is 0. The van der Waals surface area contributed by atoms with Crippen LogP contribution in [-0.4, -0.2) is 15.0 Å². The Balaban J connectivity index is 2.97. The zero-order valence-electron chi connectivity index (χ0n) is 7.90. The van der Waals surface area contributed by atoms with Crippen molar-refractivity contribution in [3.05, 3.63) is 35.3 Å². The van der Waals surface area contributed by atoms with Gasteiger partial charge in [0.05, 0.1) is 5.69 Å². The fourth-order valence-corrected chi connectivity index (χ4v) is 2.46. The minimum atomic E-state index is -3.55. The fraction of sp³-hybridized carbons (Fsp3) is 0.111. The molecule has 0 bridgehead atoms. The summed E-state index contributed by atoms with van der Waals surface area (Å²) in [6.45, 7) is 3.67. The Morgan fingerprint density at radius 2 is 2.07 bits per heavy atom. The molecule has 0 amide bonds. The maximum Gasteiger partial charge on any atom is 0.242 e. The third-order valence-electron chi connectivity index (χ3n) is 1.66. The van der Waals surface area contributed by atoms with Crippen LogP contribution in [0.15, 0.2) is 40.2 Å². The largest absolute Gasteiger partial charge is 0.398 e. The number of nitrogen functional groups attached to an aromatic ring is 1. The van der Waals surface area contributed by atoms with Crippen LogP contribution in [0.3, 0.4) is 0 Å². The van der Waals surface area contributed by atoms with Crippen molar-refractivity contribution >= 4 is 31.6 Å². The van der Waals surface area contributed by atoms with Crippen LogP contribution in [0.25, 0.3) is 0 Å². The highest BCUT2D eigenvalue weighted by molar-refractivity contribution is 9.11. The Labute approximate surface area is 97.4 Å². The first kappa shape index (κ1) is 12.2. The highest BCUT2D eigenvalue weighted by Crippen LogP contribution is 2.16. The van der Waals surface area contributed by atoms with Crippen LogP contribution >= 0.6 is 15.9 Å². The topological polar surface area (TPSA) is 72.2 Å². The van der Waals surface area contributed by atoms with E-state index in [-0.39, 0.29) is 17.1 Å². The monoisotopic (exact) mass is 290 g/mol. The molecule has 0 fully saturated rings. The highest BCUT2D eigenvalue weighted by Gasteiger charge is 2.15. The molecule has 1 rings (SSSR count). The molecule has 3 N–H and O–H groups in total. The van der Waals surface area contributed by atoms with Gasteiger partial charge in [-0.15, -0.1) is 0 Å². The first-order valence-electron chi connectivity index (χ1n) is 4.11. The molecule has 0 unspecified atom stereocenters. The smallest absolute Gasteiger partial charge is 0.242 e. The molecule has 1 aromatic carbocycles. The Kier molecular flexibility index (Phi) is 3.90. The highest BCUT2D eigenvalue weighted by atomic mass is 79.9. The molecule has 15 heavy (non-hydrogen) atoms. The minimum Gasteiger partial charge on any atom is -0.398 e. The van der Waals surface area contributed by atoms with E-state index in [9.17, 15) is 8.42 Å². The average Bonchev–Trinajstić information content (AvgIpc) is 2.15. The van der Waals surface area contributed by atoms with E-state index in [4.69, 9.17) is 5.73 Å².